The summed E-state index contributed by atoms with van der Waals surface area (Å²) >= 11 is 0. The zero-order valence-corrected chi connectivity index (χ0v) is 11.6. The smallest absolute Gasteiger partial charge is 0.0184 e. The molecule has 0 aliphatic rings. The number of nitrogens with two attached hydrogens (primary N) is 1. The highest BCUT2D eigenvalue weighted by molar-refractivity contribution is 4.90. The molecule has 0 saturated heterocycles. The van der Waals surface area contributed by atoms with E-state index < -0.39 is 0 Å². The Labute approximate surface area is 102 Å². The molecule has 0 saturated carbocycles. The van der Waals surface area contributed by atoms with Gasteiger partial charge in [0, 0.05) is 6.54 Å². The third kappa shape index (κ3) is 7.89. The van der Waals surface area contributed by atoms with Crippen LogP contribution in [0.5, 0.6) is 0 Å². The second-order valence-corrected chi connectivity index (χ2v) is 5.42. The fourth-order valence-electron chi connectivity index (χ4n) is 2.19. The summed E-state index contributed by atoms with van der Waals surface area (Å²) in [7, 11) is 2.17. The summed E-state index contributed by atoms with van der Waals surface area (Å²) in [5.41, 5.74) is 6.88. The van der Waals surface area contributed by atoms with Crippen LogP contribution in [0.2, 0.25) is 0 Å². The molecule has 0 fully saturated rings. The summed E-state index contributed by atoms with van der Waals surface area (Å²) in [5, 5.41) is 0. The van der Waals surface area contributed by atoms with E-state index in [0.717, 1.165) is 24.9 Å². The minimum Gasteiger partial charge on any atom is -0.330 e. The maximum Gasteiger partial charge on any atom is 0.0184 e. The van der Waals surface area contributed by atoms with Crippen LogP contribution in [-0.4, -0.2) is 31.6 Å². The van der Waals surface area contributed by atoms with E-state index in [9.17, 15) is 0 Å². The summed E-state index contributed by atoms with van der Waals surface area (Å²) in [6.07, 6.45) is 3.74. The first-order valence-corrected chi connectivity index (χ1v) is 6.50. The van der Waals surface area contributed by atoms with Crippen molar-refractivity contribution in [2.75, 3.05) is 26.7 Å². The van der Waals surface area contributed by atoms with E-state index in [-0.39, 0.29) is 0 Å². The second-order valence-electron chi connectivity index (χ2n) is 5.42. The molecule has 0 spiro atoms. The van der Waals surface area contributed by atoms with E-state index in [1.807, 2.05) is 0 Å². The molecule has 0 aliphatic heterocycles. The van der Waals surface area contributed by atoms with Gasteiger partial charge in [-0.1, -0.05) is 26.0 Å². The van der Waals surface area contributed by atoms with Crippen LogP contribution in [0.1, 0.15) is 40.0 Å². The van der Waals surface area contributed by atoms with Crippen molar-refractivity contribution in [1.82, 2.24) is 4.90 Å². The predicted octanol–water partition coefficient (Wildman–Crippen LogP) is 2.90. The Hall–Kier alpha value is -0.340. The van der Waals surface area contributed by atoms with Gasteiger partial charge in [0.25, 0.3) is 0 Å². The molecule has 0 rings (SSSR count). The van der Waals surface area contributed by atoms with Gasteiger partial charge < -0.3 is 10.6 Å². The van der Waals surface area contributed by atoms with Crippen molar-refractivity contribution in [3.05, 3.63) is 12.2 Å². The Morgan fingerprint density at radius 3 is 2.38 bits per heavy atom. The van der Waals surface area contributed by atoms with E-state index in [0.29, 0.717) is 0 Å². The molecule has 0 aromatic heterocycles. The molecule has 0 aliphatic carbocycles. The molecule has 0 radical (unpaired) electrons. The van der Waals surface area contributed by atoms with Crippen LogP contribution in [0.4, 0.5) is 0 Å². The molecule has 96 valence electrons. The Morgan fingerprint density at radius 1 is 1.31 bits per heavy atom. The normalized spacial score (nSPS) is 13.4. The van der Waals surface area contributed by atoms with Crippen LogP contribution in [-0.2, 0) is 0 Å². The number of nitrogens with zero attached hydrogens (tertiary/aromatic N) is 1. The average molecular weight is 226 g/mol. The summed E-state index contributed by atoms with van der Waals surface area (Å²) in [6, 6.07) is 0. The van der Waals surface area contributed by atoms with Gasteiger partial charge in [0.1, 0.15) is 0 Å². The standard InChI is InChI=1S/C14H30N2/c1-12(2)11-16(5)10-6-7-14(8-9-15)13(3)4/h13-14H,1,6-11,15H2,2-5H3. The monoisotopic (exact) mass is 226 g/mol. The lowest BCUT2D eigenvalue weighted by atomic mass is 9.88. The van der Waals surface area contributed by atoms with Gasteiger partial charge in [0.05, 0.1) is 0 Å². The van der Waals surface area contributed by atoms with Gasteiger partial charge in [-0.25, -0.2) is 0 Å². The average Bonchev–Trinajstić information content (AvgIpc) is 2.15. The van der Waals surface area contributed by atoms with Crippen molar-refractivity contribution in [1.29, 1.82) is 0 Å². The molecule has 2 nitrogen and oxygen atoms in total. The number of hydrogen-bond donors (Lipinski definition) is 1. The van der Waals surface area contributed by atoms with Crippen LogP contribution >= 0.6 is 0 Å². The van der Waals surface area contributed by atoms with Gasteiger partial charge in [-0.05, 0) is 58.2 Å². The molecule has 0 aromatic carbocycles. The summed E-state index contributed by atoms with van der Waals surface area (Å²) in [6.45, 7) is 13.6. The third-order valence-corrected chi connectivity index (χ3v) is 3.13. The molecule has 2 heteroatoms. The number of rotatable bonds is 9. The highest BCUT2D eigenvalue weighted by Gasteiger charge is 2.12. The fraction of sp³-hybridized carbons (Fsp3) is 0.857. The lowest BCUT2D eigenvalue weighted by molar-refractivity contribution is 0.293. The molecule has 0 aromatic rings. The van der Waals surface area contributed by atoms with Crippen LogP contribution in [0.3, 0.4) is 0 Å². The molecule has 1 unspecified atom stereocenters. The quantitative estimate of drug-likeness (QED) is 0.613. The largest absolute Gasteiger partial charge is 0.330 e. The first-order chi connectivity index (χ1) is 7.47. The molecule has 0 heterocycles. The lowest BCUT2D eigenvalue weighted by Gasteiger charge is -2.22. The Morgan fingerprint density at radius 2 is 1.94 bits per heavy atom. The van der Waals surface area contributed by atoms with Crippen molar-refractivity contribution in [2.24, 2.45) is 17.6 Å². The van der Waals surface area contributed by atoms with Gasteiger partial charge in [-0.2, -0.15) is 0 Å². The van der Waals surface area contributed by atoms with Crippen molar-refractivity contribution >= 4 is 0 Å². The van der Waals surface area contributed by atoms with Crippen molar-refractivity contribution in [3.63, 3.8) is 0 Å². The highest BCUT2D eigenvalue weighted by atomic mass is 15.1. The zero-order chi connectivity index (χ0) is 12.6. The fourth-order valence-corrected chi connectivity index (χ4v) is 2.19. The van der Waals surface area contributed by atoms with Gasteiger partial charge in [0.15, 0.2) is 0 Å². The van der Waals surface area contributed by atoms with Crippen LogP contribution in [0, 0.1) is 11.8 Å². The second kappa shape index (κ2) is 8.77. The summed E-state index contributed by atoms with van der Waals surface area (Å²) in [5.74, 6) is 1.55. The number of hydrogen-bond acceptors (Lipinski definition) is 2. The minimum atomic E-state index is 0.759. The Bertz CT molecular complexity index is 187. The van der Waals surface area contributed by atoms with E-state index in [4.69, 9.17) is 5.73 Å². The van der Waals surface area contributed by atoms with Crippen molar-refractivity contribution in [3.8, 4) is 0 Å². The topological polar surface area (TPSA) is 29.3 Å². The zero-order valence-electron chi connectivity index (χ0n) is 11.6. The molecule has 0 bridgehead atoms. The molecule has 2 N–H and O–H groups in total. The predicted molar refractivity (Wildman–Crippen MR) is 73.5 cm³/mol. The summed E-state index contributed by atoms with van der Waals surface area (Å²) in [4.78, 5) is 2.35. The molecule has 16 heavy (non-hydrogen) atoms. The van der Waals surface area contributed by atoms with E-state index >= 15 is 0 Å². The van der Waals surface area contributed by atoms with Gasteiger partial charge in [-0.15, -0.1) is 0 Å². The van der Waals surface area contributed by atoms with Crippen LogP contribution in [0.25, 0.3) is 0 Å². The first kappa shape index (κ1) is 15.7. The van der Waals surface area contributed by atoms with Crippen LogP contribution < -0.4 is 5.73 Å². The Balaban J connectivity index is 3.72. The maximum atomic E-state index is 5.64. The van der Waals surface area contributed by atoms with Crippen molar-refractivity contribution < 1.29 is 0 Å². The summed E-state index contributed by atoms with van der Waals surface area (Å²) < 4.78 is 0. The SMILES string of the molecule is C=C(C)CN(C)CCCC(CCN)C(C)C. The van der Waals surface area contributed by atoms with Crippen molar-refractivity contribution in [2.45, 2.75) is 40.0 Å². The number of likely N-dealkylation sites (N-methyl/N-ethyl adjacent to an activating group) is 1. The third-order valence-electron chi connectivity index (χ3n) is 3.13. The molecular formula is C14H30N2. The Kier molecular flexibility index (Phi) is 8.58. The minimum absolute atomic E-state index is 0.759. The van der Waals surface area contributed by atoms with E-state index in [1.165, 1.54) is 31.4 Å². The lowest BCUT2D eigenvalue weighted by Crippen LogP contribution is -2.23. The maximum absolute atomic E-state index is 5.64. The van der Waals surface area contributed by atoms with Crippen LogP contribution in [0.15, 0.2) is 12.2 Å². The van der Waals surface area contributed by atoms with Gasteiger partial charge in [0.2, 0.25) is 0 Å². The highest BCUT2D eigenvalue weighted by Crippen LogP contribution is 2.20. The van der Waals surface area contributed by atoms with E-state index in [1.54, 1.807) is 0 Å². The van der Waals surface area contributed by atoms with E-state index in [2.05, 4.69) is 39.3 Å². The first-order valence-electron chi connectivity index (χ1n) is 6.50. The van der Waals surface area contributed by atoms with Gasteiger partial charge >= 0.3 is 0 Å². The molecular weight excluding hydrogens is 196 g/mol. The molecule has 0 amide bonds. The molecule has 1 atom stereocenters. The van der Waals surface area contributed by atoms with Gasteiger partial charge in [-0.3, -0.25) is 0 Å².